The van der Waals surface area contributed by atoms with Crippen molar-refractivity contribution in [3.8, 4) is 0 Å². The Balaban J connectivity index is 2.28. The van der Waals surface area contributed by atoms with E-state index < -0.39 is 24.1 Å². The number of hydrogen-bond donors (Lipinski definition) is 3. The molecule has 1 saturated heterocycles. The highest BCUT2D eigenvalue weighted by molar-refractivity contribution is 14.1. The molecule has 1 aromatic rings. The van der Waals surface area contributed by atoms with Gasteiger partial charge in [-0.2, -0.15) is 4.98 Å². The van der Waals surface area contributed by atoms with Crippen LogP contribution < -0.4 is 11.0 Å². The van der Waals surface area contributed by atoms with Crippen molar-refractivity contribution < 1.29 is 19.7 Å². The molecule has 3 N–H and O–H groups in total. The summed E-state index contributed by atoms with van der Waals surface area (Å²) >= 11 is 1.94. The Kier molecular flexibility index (Phi) is 4.73. The molecule has 0 saturated carbocycles. The van der Waals surface area contributed by atoms with Crippen LogP contribution in [0, 0.1) is 3.57 Å². The summed E-state index contributed by atoms with van der Waals surface area (Å²) in [6.07, 6.45) is -0.521. The van der Waals surface area contributed by atoms with Crippen LogP contribution >= 0.6 is 22.6 Å². The third-order valence-corrected chi connectivity index (χ3v) is 3.69. The zero-order valence-electron chi connectivity index (χ0n) is 10.6. The van der Waals surface area contributed by atoms with Gasteiger partial charge in [-0.1, -0.05) is 0 Å². The van der Waals surface area contributed by atoms with Crippen LogP contribution in [0.15, 0.2) is 11.0 Å². The van der Waals surface area contributed by atoms with Crippen LogP contribution in [0.1, 0.15) is 19.6 Å². The van der Waals surface area contributed by atoms with Gasteiger partial charge in [-0.25, -0.2) is 4.79 Å². The molecule has 8 nitrogen and oxygen atoms in total. The summed E-state index contributed by atoms with van der Waals surface area (Å²) in [6, 6.07) is 0. The number of anilines is 1. The molecular weight excluding hydrogens is 381 g/mol. The van der Waals surface area contributed by atoms with Gasteiger partial charge in [0.1, 0.15) is 12.3 Å². The lowest BCUT2D eigenvalue weighted by molar-refractivity contribution is -0.114. The van der Waals surface area contributed by atoms with Crippen molar-refractivity contribution >= 4 is 34.3 Å². The van der Waals surface area contributed by atoms with Crippen LogP contribution in [0.2, 0.25) is 0 Å². The molecule has 1 aliphatic rings. The second-order valence-corrected chi connectivity index (χ2v) is 5.59. The van der Waals surface area contributed by atoms with Gasteiger partial charge in [0.05, 0.1) is 16.3 Å². The number of carbonyl (C=O) groups excluding carboxylic acids is 1. The van der Waals surface area contributed by atoms with Crippen LogP contribution in [0.4, 0.5) is 5.82 Å². The zero-order chi connectivity index (χ0) is 14.9. The molecule has 1 fully saturated rings. The fraction of sp³-hybridized carbons (Fsp3) is 0.545. The molecule has 0 aromatic carbocycles. The summed E-state index contributed by atoms with van der Waals surface area (Å²) in [7, 11) is 0. The zero-order valence-corrected chi connectivity index (χ0v) is 12.8. The van der Waals surface area contributed by atoms with E-state index in [0.29, 0.717) is 3.57 Å². The minimum absolute atomic E-state index is 0.191. The molecule has 0 unspecified atom stereocenters. The largest absolute Gasteiger partial charge is 0.394 e. The van der Waals surface area contributed by atoms with Gasteiger partial charge in [0.25, 0.3) is 0 Å². The summed E-state index contributed by atoms with van der Waals surface area (Å²) in [6.45, 7) is 1.01. The van der Waals surface area contributed by atoms with Gasteiger partial charge < -0.3 is 20.3 Å². The number of nitrogens with zero attached hydrogens (tertiary/aromatic N) is 2. The highest BCUT2D eigenvalue weighted by atomic mass is 127. The number of aliphatic hydroxyl groups is 2. The van der Waals surface area contributed by atoms with Crippen LogP contribution in [0.5, 0.6) is 0 Å². The Morgan fingerprint density at radius 3 is 2.95 bits per heavy atom. The fourth-order valence-corrected chi connectivity index (χ4v) is 2.51. The quantitative estimate of drug-likeness (QED) is 0.592. The van der Waals surface area contributed by atoms with Crippen molar-refractivity contribution in [3.05, 3.63) is 20.3 Å². The molecule has 1 aliphatic heterocycles. The molecule has 0 radical (unpaired) electrons. The van der Waals surface area contributed by atoms with E-state index >= 15 is 0 Å². The van der Waals surface area contributed by atoms with Gasteiger partial charge in [-0.3, -0.25) is 9.36 Å². The molecule has 20 heavy (non-hydrogen) atoms. The number of halogens is 1. The highest BCUT2D eigenvalue weighted by Gasteiger charge is 2.35. The SMILES string of the molecule is CC(=O)Nc1nc(=O)n([C@H]2C[C@H](O)[C@@H](CO)O2)cc1I. The molecule has 1 amide bonds. The van der Waals surface area contributed by atoms with E-state index in [1.807, 2.05) is 22.6 Å². The predicted molar refractivity (Wildman–Crippen MR) is 77.1 cm³/mol. The molecule has 1 aromatic heterocycles. The number of aliphatic hydroxyl groups excluding tert-OH is 2. The maximum atomic E-state index is 11.9. The average Bonchev–Trinajstić information content (AvgIpc) is 2.74. The van der Waals surface area contributed by atoms with E-state index in [1.165, 1.54) is 17.7 Å². The lowest BCUT2D eigenvalue weighted by Crippen LogP contribution is -2.29. The molecule has 2 heterocycles. The Bertz CT molecular complexity index is 576. The monoisotopic (exact) mass is 395 g/mol. The fourth-order valence-electron chi connectivity index (χ4n) is 1.96. The number of ether oxygens (including phenoxy) is 1. The summed E-state index contributed by atoms with van der Waals surface area (Å²) in [5.74, 6) is -0.128. The van der Waals surface area contributed by atoms with E-state index in [-0.39, 0.29) is 24.8 Å². The van der Waals surface area contributed by atoms with E-state index in [9.17, 15) is 14.7 Å². The Hall–Kier alpha value is -1.04. The van der Waals surface area contributed by atoms with E-state index in [0.717, 1.165) is 0 Å². The highest BCUT2D eigenvalue weighted by Crippen LogP contribution is 2.28. The van der Waals surface area contributed by atoms with Crippen molar-refractivity contribution in [2.75, 3.05) is 11.9 Å². The molecule has 9 heteroatoms. The first-order chi connectivity index (χ1) is 9.42. The number of amides is 1. The van der Waals surface area contributed by atoms with E-state index in [2.05, 4.69) is 10.3 Å². The second-order valence-electron chi connectivity index (χ2n) is 4.42. The number of rotatable bonds is 3. The molecular formula is C11H14IN3O5. The van der Waals surface area contributed by atoms with Crippen molar-refractivity contribution in [1.82, 2.24) is 9.55 Å². The van der Waals surface area contributed by atoms with Crippen LogP contribution in [-0.4, -0.2) is 44.5 Å². The van der Waals surface area contributed by atoms with Gasteiger partial charge in [0.15, 0.2) is 5.82 Å². The van der Waals surface area contributed by atoms with Crippen molar-refractivity contribution in [2.24, 2.45) is 0 Å². The minimum atomic E-state index is -0.829. The van der Waals surface area contributed by atoms with Crippen molar-refractivity contribution in [3.63, 3.8) is 0 Å². The minimum Gasteiger partial charge on any atom is -0.394 e. The maximum Gasteiger partial charge on any atom is 0.351 e. The number of hydrogen-bond acceptors (Lipinski definition) is 6. The van der Waals surface area contributed by atoms with Gasteiger partial charge in [0, 0.05) is 19.5 Å². The first kappa shape index (κ1) is 15.4. The Morgan fingerprint density at radius 1 is 1.70 bits per heavy atom. The van der Waals surface area contributed by atoms with Crippen molar-refractivity contribution in [2.45, 2.75) is 31.8 Å². The Labute approximate surface area is 127 Å². The number of aromatic nitrogens is 2. The third kappa shape index (κ3) is 3.16. The predicted octanol–water partition coefficient (Wildman–Crippen LogP) is -0.553. The molecule has 0 bridgehead atoms. The Morgan fingerprint density at radius 2 is 2.40 bits per heavy atom. The first-order valence-corrected chi connectivity index (χ1v) is 7.01. The summed E-state index contributed by atoms with van der Waals surface area (Å²) in [5, 5.41) is 21.2. The lowest BCUT2D eigenvalue weighted by Gasteiger charge is -2.15. The van der Waals surface area contributed by atoms with Gasteiger partial charge >= 0.3 is 5.69 Å². The third-order valence-electron chi connectivity index (χ3n) is 2.90. The first-order valence-electron chi connectivity index (χ1n) is 5.93. The molecule has 2 rings (SSSR count). The average molecular weight is 395 g/mol. The smallest absolute Gasteiger partial charge is 0.351 e. The van der Waals surface area contributed by atoms with Crippen LogP contribution in [0.25, 0.3) is 0 Å². The molecule has 0 spiro atoms. The number of carbonyl (C=O) groups is 1. The van der Waals surface area contributed by atoms with Gasteiger partial charge in [-0.15, -0.1) is 0 Å². The normalized spacial score (nSPS) is 25.7. The maximum absolute atomic E-state index is 11.9. The molecule has 110 valence electrons. The van der Waals surface area contributed by atoms with Gasteiger partial charge in [0.2, 0.25) is 5.91 Å². The molecule has 3 atom stereocenters. The van der Waals surface area contributed by atoms with Gasteiger partial charge in [-0.05, 0) is 22.6 Å². The lowest BCUT2D eigenvalue weighted by atomic mass is 10.2. The molecule has 0 aliphatic carbocycles. The standard InChI is InChI=1S/C11H14IN3O5/c1-5(17)13-10-6(12)3-15(11(19)14-10)9-2-7(18)8(4-16)20-9/h3,7-9,16,18H,2,4H2,1H3,(H,13,14,17,19)/t7-,8+,9+/m0/s1. The van der Waals surface area contributed by atoms with Crippen LogP contribution in [0.3, 0.4) is 0 Å². The van der Waals surface area contributed by atoms with Crippen LogP contribution in [-0.2, 0) is 9.53 Å². The summed E-state index contributed by atoms with van der Waals surface area (Å²) in [5.41, 5.74) is -0.593. The summed E-state index contributed by atoms with van der Waals surface area (Å²) in [4.78, 5) is 26.7. The summed E-state index contributed by atoms with van der Waals surface area (Å²) < 4.78 is 7.21. The topological polar surface area (TPSA) is 114 Å². The van der Waals surface area contributed by atoms with E-state index in [1.54, 1.807) is 0 Å². The van der Waals surface area contributed by atoms with E-state index in [4.69, 9.17) is 9.84 Å². The number of nitrogens with one attached hydrogen (secondary N) is 1. The van der Waals surface area contributed by atoms with Crippen molar-refractivity contribution in [1.29, 1.82) is 0 Å². The second kappa shape index (κ2) is 6.16.